The smallest absolute Gasteiger partial charge is 0.336 e. The van der Waals surface area contributed by atoms with E-state index in [1.54, 1.807) is 12.1 Å². The highest BCUT2D eigenvalue weighted by molar-refractivity contribution is 7.89. The van der Waals surface area contributed by atoms with Crippen LogP contribution in [0.4, 0.5) is 0 Å². The van der Waals surface area contributed by atoms with Gasteiger partial charge >= 0.3 is 5.97 Å². The molecule has 1 saturated heterocycles. The van der Waals surface area contributed by atoms with Gasteiger partial charge in [0.25, 0.3) is 0 Å². The van der Waals surface area contributed by atoms with E-state index in [1.165, 1.54) is 34.8 Å². The highest BCUT2D eigenvalue weighted by Crippen LogP contribution is 2.28. The largest absolute Gasteiger partial charge is 0.478 e. The summed E-state index contributed by atoms with van der Waals surface area (Å²) in [5.74, 6) is -0.736. The number of pyridine rings is 1. The highest BCUT2D eigenvalue weighted by Gasteiger charge is 2.27. The number of furan rings is 1. The van der Waals surface area contributed by atoms with E-state index < -0.39 is 16.0 Å². The molecule has 0 spiro atoms. The Morgan fingerprint density at radius 3 is 2.59 bits per heavy atom. The number of rotatable bonds is 4. The molecular weight excluding hydrogens is 372 g/mol. The van der Waals surface area contributed by atoms with Gasteiger partial charge in [-0.1, -0.05) is 0 Å². The van der Waals surface area contributed by atoms with Gasteiger partial charge in [0.2, 0.25) is 10.0 Å². The summed E-state index contributed by atoms with van der Waals surface area (Å²) in [6.45, 7) is 1.20. The van der Waals surface area contributed by atoms with Crippen LogP contribution in [0.3, 0.4) is 0 Å². The van der Waals surface area contributed by atoms with Gasteiger partial charge in [0, 0.05) is 18.5 Å². The number of carbonyl (C=O) groups is 1. The van der Waals surface area contributed by atoms with Crippen LogP contribution < -0.4 is 0 Å². The van der Waals surface area contributed by atoms with Crippen LogP contribution in [0.5, 0.6) is 0 Å². The summed E-state index contributed by atoms with van der Waals surface area (Å²) in [5, 5.41) is 9.87. The van der Waals surface area contributed by atoms with Crippen LogP contribution in [0.25, 0.3) is 22.4 Å². The minimum atomic E-state index is -3.74. The van der Waals surface area contributed by atoms with Gasteiger partial charge in [-0.2, -0.15) is 4.31 Å². The number of fused-ring (bicyclic) bond motifs is 1. The lowest BCUT2D eigenvalue weighted by Gasteiger charge is -2.26. The van der Waals surface area contributed by atoms with Crippen LogP contribution in [0.1, 0.15) is 10.4 Å². The topological polar surface area (TPSA) is 110 Å². The van der Waals surface area contributed by atoms with Crippen LogP contribution in [0.2, 0.25) is 0 Å². The normalized spacial score (nSPS) is 15.9. The van der Waals surface area contributed by atoms with E-state index in [0.29, 0.717) is 30.2 Å². The van der Waals surface area contributed by atoms with Crippen molar-refractivity contribution >= 4 is 26.9 Å². The number of nitrogens with zero attached hydrogens (tertiary/aromatic N) is 2. The van der Waals surface area contributed by atoms with Crippen molar-refractivity contribution in [3.05, 3.63) is 48.2 Å². The first kappa shape index (κ1) is 17.7. The summed E-state index contributed by atoms with van der Waals surface area (Å²) in [7, 11) is -3.74. The van der Waals surface area contributed by atoms with E-state index in [1.807, 2.05) is 0 Å². The van der Waals surface area contributed by atoms with Crippen molar-refractivity contribution in [2.75, 3.05) is 26.3 Å². The summed E-state index contributed by atoms with van der Waals surface area (Å²) < 4.78 is 37.5. The molecule has 8 nitrogen and oxygen atoms in total. The van der Waals surface area contributed by atoms with E-state index in [4.69, 9.17) is 9.15 Å². The number of ether oxygens (including phenoxy) is 1. The lowest BCUT2D eigenvalue weighted by molar-refractivity contribution is 0.0699. The molecule has 1 N–H and O–H groups in total. The molecule has 1 aliphatic heterocycles. The fourth-order valence-corrected chi connectivity index (χ4v) is 4.46. The Kier molecular flexibility index (Phi) is 4.42. The second-order valence-electron chi connectivity index (χ2n) is 6.03. The number of benzene rings is 1. The molecular formula is C18H16N2O6S. The van der Waals surface area contributed by atoms with Crippen LogP contribution >= 0.6 is 0 Å². The van der Waals surface area contributed by atoms with Gasteiger partial charge in [-0.3, -0.25) is 0 Å². The summed E-state index contributed by atoms with van der Waals surface area (Å²) in [6.07, 6.45) is 1.47. The summed E-state index contributed by atoms with van der Waals surface area (Å²) >= 11 is 0. The first-order valence-electron chi connectivity index (χ1n) is 8.27. The van der Waals surface area contributed by atoms with Gasteiger partial charge in [0.1, 0.15) is 5.69 Å². The number of sulfonamides is 1. The number of hydrogen-bond acceptors (Lipinski definition) is 6. The van der Waals surface area contributed by atoms with Crippen molar-refractivity contribution in [1.82, 2.24) is 9.29 Å². The molecule has 0 unspecified atom stereocenters. The maximum atomic E-state index is 12.9. The van der Waals surface area contributed by atoms with E-state index in [2.05, 4.69) is 4.98 Å². The Morgan fingerprint density at radius 2 is 1.93 bits per heavy atom. The average Bonchev–Trinajstić information content (AvgIpc) is 3.22. The lowest BCUT2D eigenvalue weighted by Crippen LogP contribution is -2.40. The second kappa shape index (κ2) is 6.76. The fourth-order valence-electron chi connectivity index (χ4n) is 3.03. The van der Waals surface area contributed by atoms with Gasteiger partial charge in [-0.15, -0.1) is 0 Å². The standard InChI is InChI=1S/C18H16N2O6S/c21-18(22)14-11-16(17-2-1-7-26-17)19-15-4-3-12(10-13(14)15)27(23,24)20-5-8-25-9-6-20/h1-4,7,10-11H,5-6,8-9H2,(H,21,22). The van der Waals surface area contributed by atoms with Crippen LogP contribution in [-0.2, 0) is 14.8 Å². The number of carboxylic acids is 1. The predicted molar refractivity (Wildman–Crippen MR) is 96.0 cm³/mol. The minimum absolute atomic E-state index is 0.0342. The lowest BCUT2D eigenvalue weighted by atomic mass is 10.1. The van der Waals surface area contributed by atoms with E-state index in [0.717, 1.165) is 0 Å². The van der Waals surface area contributed by atoms with Crippen LogP contribution in [0.15, 0.2) is 52.0 Å². The first-order valence-corrected chi connectivity index (χ1v) is 9.71. The molecule has 0 atom stereocenters. The molecule has 1 aromatic carbocycles. The van der Waals surface area contributed by atoms with Gasteiger partial charge in [-0.25, -0.2) is 18.2 Å². The Hall–Kier alpha value is -2.75. The molecule has 9 heteroatoms. The zero-order chi connectivity index (χ0) is 19.0. The molecule has 2 aromatic heterocycles. The number of aromatic nitrogens is 1. The maximum Gasteiger partial charge on any atom is 0.336 e. The van der Waals surface area contributed by atoms with Crippen molar-refractivity contribution in [3.8, 4) is 11.5 Å². The number of aromatic carboxylic acids is 1. The molecule has 0 bridgehead atoms. The SMILES string of the molecule is O=C(O)c1cc(-c2ccco2)nc2ccc(S(=O)(=O)N3CCOCC3)cc12. The molecule has 4 rings (SSSR count). The van der Waals surface area contributed by atoms with Gasteiger partial charge in [-0.05, 0) is 36.4 Å². The van der Waals surface area contributed by atoms with Gasteiger partial charge in [0.15, 0.2) is 5.76 Å². The molecule has 1 aliphatic rings. The van der Waals surface area contributed by atoms with Crippen molar-refractivity contribution in [2.45, 2.75) is 4.90 Å². The van der Waals surface area contributed by atoms with Crippen molar-refractivity contribution in [2.24, 2.45) is 0 Å². The number of carboxylic acid groups (broad SMARTS) is 1. The Balaban J connectivity index is 1.85. The summed E-state index contributed by atoms with van der Waals surface area (Å²) in [6, 6.07) is 9.06. The third kappa shape index (κ3) is 3.20. The number of hydrogen-bond donors (Lipinski definition) is 1. The average molecular weight is 388 g/mol. The third-order valence-corrected chi connectivity index (χ3v) is 6.29. The molecule has 3 heterocycles. The Morgan fingerprint density at radius 1 is 1.15 bits per heavy atom. The van der Waals surface area contributed by atoms with E-state index in [-0.39, 0.29) is 28.9 Å². The quantitative estimate of drug-likeness (QED) is 0.729. The molecule has 3 aromatic rings. The first-order chi connectivity index (χ1) is 13.0. The maximum absolute atomic E-state index is 12.9. The number of morpholine rings is 1. The van der Waals surface area contributed by atoms with Gasteiger partial charge in [0.05, 0.1) is 35.5 Å². The second-order valence-corrected chi connectivity index (χ2v) is 7.97. The van der Waals surface area contributed by atoms with E-state index in [9.17, 15) is 18.3 Å². The van der Waals surface area contributed by atoms with E-state index >= 15 is 0 Å². The fraction of sp³-hybridized carbons (Fsp3) is 0.222. The van der Waals surface area contributed by atoms with Crippen LogP contribution in [0, 0.1) is 0 Å². The Labute approximate surface area is 155 Å². The predicted octanol–water partition coefficient (Wildman–Crippen LogP) is 2.21. The monoisotopic (exact) mass is 388 g/mol. The minimum Gasteiger partial charge on any atom is -0.478 e. The summed E-state index contributed by atoms with van der Waals surface area (Å²) in [4.78, 5) is 16.2. The van der Waals surface area contributed by atoms with Crippen LogP contribution in [-0.4, -0.2) is 55.1 Å². The third-order valence-electron chi connectivity index (χ3n) is 4.39. The van der Waals surface area contributed by atoms with Crippen molar-refractivity contribution in [1.29, 1.82) is 0 Å². The molecule has 1 fully saturated rings. The molecule has 140 valence electrons. The molecule has 27 heavy (non-hydrogen) atoms. The molecule has 0 radical (unpaired) electrons. The zero-order valence-corrected chi connectivity index (χ0v) is 15.0. The highest BCUT2D eigenvalue weighted by atomic mass is 32.2. The Bertz CT molecular complexity index is 1100. The zero-order valence-electron chi connectivity index (χ0n) is 14.2. The van der Waals surface area contributed by atoms with Gasteiger partial charge < -0.3 is 14.3 Å². The van der Waals surface area contributed by atoms with Crippen molar-refractivity contribution in [3.63, 3.8) is 0 Å². The molecule has 0 amide bonds. The molecule has 0 aliphatic carbocycles. The summed E-state index contributed by atoms with van der Waals surface area (Å²) in [5.41, 5.74) is 0.710. The molecule has 0 saturated carbocycles. The van der Waals surface area contributed by atoms with Crippen molar-refractivity contribution < 1.29 is 27.5 Å².